The lowest BCUT2D eigenvalue weighted by Gasteiger charge is -2.22. The predicted molar refractivity (Wildman–Crippen MR) is 104 cm³/mol. The first kappa shape index (κ1) is 20.8. The molecule has 4 nitrogen and oxygen atoms in total. The van der Waals surface area contributed by atoms with E-state index in [-0.39, 0.29) is 30.3 Å². The van der Waals surface area contributed by atoms with Gasteiger partial charge in [-0.25, -0.2) is 0 Å². The molecule has 0 atom stereocenters. The Kier molecular flexibility index (Phi) is 6.17. The maximum Gasteiger partial charge on any atom is 0.420 e. The van der Waals surface area contributed by atoms with E-state index in [1.165, 1.54) is 14.2 Å². The Morgan fingerprint density at radius 1 is 0.724 bits per heavy atom. The molecule has 154 valence electrons. The summed E-state index contributed by atoms with van der Waals surface area (Å²) in [6, 6.07) is 13.8. The van der Waals surface area contributed by atoms with Crippen molar-refractivity contribution < 1.29 is 32.1 Å². The number of alkyl halides is 3. The minimum atomic E-state index is -4.64. The van der Waals surface area contributed by atoms with E-state index < -0.39 is 11.7 Å². The van der Waals surface area contributed by atoms with E-state index in [2.05, 4.69) is 0 Å². The maximum absolute atomic E-state index is 14.0. The van der Waals surface area contributed by atoms with Crippen LogP contribution in [0.1, 0.15) is 16.7 Å². The zero-order valence-corrected chi connectivity index (χ0v) is 16.3. The van der Waals surface area contributed by atoms with Crippen molar-refractivity contribution in [2.45, 2.75) is 19.4 Å². The quantitative estimate of drug-likeness (QED) is 0.512. The summed E-state index contributed by atoms with van der Waals surface area (Å²) in [5.41, 5.74) is -0.166. The van der Waals surface area contributed by atoms with Gasteiger partial charge < -0.3 is 18.9 Å². The molecule has 0 saturated carbocycles. The number of methoxy groups -OCH3 is 3. The first-order valence-corrected chi connectivity index (χ1v) is 8.84. The van der Waals surface area contributed by atoms with Gasteiger partial charge in [-0.05, 0) is 17.7 Å². The fraction of sp³-hybridized carbons (Fsp3) is 0.273. The lowest BCUT2D eigenvalue weighted by molar-refractivity contribution is -0.140. The number of ether oxygens (including phenoxy) is 4. The first-order chi connectivity index (χ1) is 13.9. The van der Waals surface area contributed by atoms with Crippen LogP contribution in [0, 0.1) is 0 Å². The summed E-state index contributed by atoms with van der Waals surface area (Å²) >= 11 is 0. The minimum absolute atomic E-state index is 0.0935. The Morgan fingerprint density at radius 3 is 1.83 bits per heavy atom. The lowest BCUT2D eigenvalue weighted by Crippen LogP contribution is -2.14. The number of benzene rings is 3. The SMILES string of the molecule is COc1ccc(COCc2c(C(F)(F)F)c(OC)c3ccccc3c2OC)cc1. The molecule has 0 bridgehead atoms. The molecule has 0 amide bonds. The number of rotatable bonds is 7. The topological polar surface area (TPSA) is 36.9 Å². The van der Waals surface area contributed by atoms with Gasteiger partial charge in [-0.1, -0.05) is 36.4 Å². The van der Waals surface area contributed by atoms with Gasteiger partial charge in [0.2, 0.25) is 0 Å². The van der Waals surface area contributed by atoms with Crippen molar-refractivity contribution >= 4 is 10.8 Å². The van der Waals surface area contributed by atoms with E-state index in [1.54, 1.807) is 55.6 Å². The summed E-state index contributed by atoms with van der Waals surface area (Å²) in [7, 11) is 4.14. The molecule has 3 aromatic rings. The van der Waals surface area contributed by atoms with Crippen LogP contribution in [0.4, 0.5) is 13.2 Å². The van der Waals surface area contributed by atoms with Gasteiger partial charge in [-0.15, -0.1) is 0 Å². The molecule has 0 aliphatic heterocycles. The smallest absolute Gasteiger partial charge is 0.420 e. The first-order valence-electron chi connectivity index (χ1n) is 8.84. The van der Waals surface area contributed by atoms with Crippen LogP contribution in [-0.4, -0.2) is 21.3 Å². The average molecular weight is 406 g/mol. The fourth-order valence-corrected chi connectivity index (χ4v) is 3.30. The normalized spacial score (nSPS) is 11.5. The van der Waals surface area contributed by atoms with Gasteiger partial charge in [0, 0.05) is 16.3 Å². The molecule has 0 heterocycles. The molecule has 0 radical (unpaired) electrons. The van der Waals surface area contributed by atoms with Crippen molar-refractivity contribution in [2.24, 2.45) is 0 Å². The monoisotopic (exact) mass is 406 g/mol. The number of fused-ring (bicyclic) bond motifs is 1. The van der Waals surface area contributed by atoms with Gasteiger partial charge in [0.1, 0.15) is 22.8 Å². The average Bonchev–Trinajstić information content (AvgIpc) is 2.72. The molecular weight excluding hydrogens is 385 g/mol. The van der Waals surface area contributed by atoms with Crippen molar-refractivity contribution in [3.05, 3.63) is 65.2 Å². The summed E-state index contributed by atoms with van der Waals surface area (Å²) in [6.07, 6.45) is -4.64. The molecular formula is C22H21F3O4. The molecule has 0 N–H and O–H groups in total. The maximum atomic E-state index is 14.0. The summed E-state index contributed by atoms with van der Waals surface area (Å²) in [4.78, 5) is 0. The largest absolute Gasteiger partial charge is 0.497 e. The highest BCUT2D eigenvalue weighted by Crippen LogP contribution is 2.48. The van der Waals surface area contributed by atoms with E-state index in [9.17, 15) is 13.2 Å². The van der Waals surface area contributed by atoms with E-state index in [1.807, 2.05) is 0 Å². The molecule has 0 aliphatic carbocycles. The van der Waals surface area contributed by atoms with Crippen LogP contribution >= 0.6 is 0 Å². The summed E-state index contributed by atoms with van der Waals surface area (Å²) in [6.45, 7) is -0.148. The third kappa shape index (κ3) is 4.24. The molecule has 7 heteroatoms. The van der Waals surface area contributed by atoms with Crippen LogP contribution in [0.5, 0.6) is 17.2 Å². The lowest BCUT2D eigenvalue weighted by atomic mass is 9.97. The van der Waals surface area contributed by atoms with Crippen LogP contribution in [-0.2, 0) is 24.1 Å². The van der Waals surface area contributed by atoms with Crippen molar-refractivity contribution in [3.63, 3.8) is 0 Å². The third-order valence-corrected chi connectivity index (χ3v) is 4.59. The van der Waals surface area contributed by atoms with E-state index in [4.69, 9.17) is 18.9 Å². The van der Waals surface area contributed by atoms with Gasteiger partial charge in [-0.3, -0.25) is 0 Å². The van der Waals surface area contributed by atoms with Gasteiger partial charge in [0.05, 0.1) is 34.5 Å². The molecule has 3 rings (SSSR count). The number of halogens is 3. The van der Waals surface area contributed by atoms with Gasteiger partial charge in [-0.2, -0.15) is 13.2 Å². The van der Waals surface area contributed by atoms with Gasteiger partial charge in [0.15, 0.2) is 0 Å². The van der Waals surface area contributed by atoms with Crippen LogP contribution < -0.4 is 14.2 Å². The molecule has 29 heavy (non-hydrogen) atoms. The zero-order valence-electron chi connectivity index (χ0n) is 16.3. The molecule has 0 aromatic heterocycles. The van der Waals surface area contributed by atoms with Crippen LogP contribution in [0.2, 0.25) is 0 Å². The minimum Gasteiger partial charge on any atom is -0.497 e. The molecule has 3 aromatic carbocycles. The fourth-order valence-electron chi connectivity index (χ4n) is 3.30. The Hall–Kier alpha value is -2.93. The Morgan fingerprint density at radius 2 is 1.31 bits per heavy atom. The predicted octanol–water partition coefficient (Wildman–Crippen LogP) is 5.60. The van der Waals surface area contributed by atoms with Crippen LogP contribution in [0.3, 0.4) is 0 Å². The van der Waals surface area contributed by atoms with E-state index in [0.29, 0.717) is 16.5 Å². The molecule has 0 saturated heterocycles. The number of hydrogen-bond donors (Lipinski definition) is 0. The molecule has 0 aliphatic rings. The van der Waals surface area contributed by atoms with Crippen LogP contribution in [0.15, 0.2) is 48.5 Å². The van der Waals surface area contributed by atoms with Gasteiger partial charge in [0.25, 0.3) is 0 Å². The summed E-state index contributed by atoms with van der Waals surface area (Å²) in [5, 5.41) is 0.862. The standard InChI is InChI=1S/C22H21F3O4/c1-26-15-10-8-14(9-11-15)12-29-13-18-19(22(23,24)25)21(28-3)17-7-5-4-6-16(17)20(18)27-2/h4-11H,12-13H2,1-3H3. The van der Waals surface area contributed by atoms with E-state index in [0.717, 1.165) is 5.56 Å². The van der Waals surface area contributed by atoms with Crippen molar-refractivity contribution in [2.75, 3.05) is 21.3 Å². The third-order valence-electron chi connectivity index (χ3n) is 4.59. The highest BCUT2D eigenvalue weighted by molar-refractivity contribution is 5.96. The highest BCUT2D eigenvalue weighted by Gasteiger charge is 2.40. The highest BCUT2D eigenvalue weighted by atomic mass is 19.4. The second-order valence-electron chi connectivity index (χ2n) is 6.30. The zero-order chi connectivity index (χ0) is 21.0. The molecule has 0 unspecified atom stereocenters. The van der Waals surface area contributed by atoms with E-state index >= 15 is 0 Å². The Bertz CT molecular complexity index is 982. The second kappa shape index (κ2) is 8.61. The van der Waals surface area contributed by atoms with Crippen molar-refractivity contribution in [1.82, 2.24) is 0 Å². The molecule has 0 fully saturated rings. The summed E-state index contributed by atoms with van der Waals surface area (Å²) < 4.78 is 63.2. The van der Waals surface area contributed by atoms with Crippen molar-refractivity contribution in [3.8, 4) is 17.2 Å². The molecule has 0 spiro atoms. The second-order valence-corrected chi connectivity index (χ2v) is 6.30. The number of hydrogen-bond acceptors (Lipinski definition) is 4. The van der Waals surface area contributed by atoms with Crippen molar-refractivity contribution in [1.29, 1.82) is 0 Å². The summed E-state index contributed by atoms with van der Waals surface area (Å²) in [5.74, 6) is 0.578. The Labute approximate surface area is 166 Å². The Balaban J connectivity index is 2.02. The van der Waals surface area contributed by atoms with Gasteiger partial charge >= 0.3 is 6.18 Å². The van der Waals surface area contributed by atoms with Crippen LogP contribution in [0.25, 0.3) is 10.8 Å².